The predicted octanol–water partition coefficient (Wildman–Crippen LogP) is 1.99. The van der Waals surface area contributed by atoms with Crippen molar-refractivity contribution in [3.8, 4) is 0 Å². The number of carbonyl (C=O) groups excluding carboxylic acids is 1. The number of aromatic nitrogens is 2. The van der Waals surface area contributed by atoms with Crippen LogP contribution in [0.3, 0.4) is 0 Å². The van der Waals surface area contributed by atoms with Crippen LogP contribution >= 0.6 is 11.3 Å². The lowest BCUT2D eigenvalue weighted by atomic mass is 10.1. The Labute approximate surface area is 149 Å². The van der Waals surface area contributed by atoms with Gasteiger partial charge >= 0.3 is 5.97 Å². The number of esters is 1. The number of likely N-dealkylation sites (tertiary alicyclic amines) is 1. The Morgan fingerprint density at radius 2 is 2.32 bits per heavy atom. The number of β-amino-alcohol motifs (C(OH)–C–C–N with tert-alkyl or cyclic N) is 1. The molecule has 2 aromatic heterocycles. The van der Waals surface area contributed by atoms with E-state index < -0.39 is 5.97 Å². The minimum absolute atomic E-state index is 0.111. The van der Waals surface area contributed by atoms with Crippen LogP contribution in [0, 0.1) is 6.92 Å². The highest BCUT2D eigenvalue weighted by molar-refractivity contribution is 7.20. The summed E-state index contributed by atoms with van der Waals surface area (Å²) in [5.41, 5.74) is 0.369. The molecule has 0 aromatic carbocycles. The third-order valence-corrected chi connectivity index (χ3v) is 5.82. The zero-order chi connectivity index (χ0) is 18.1. The van der Waals surface area contributed by atoms with Crippen LogP contribution in [0.5, 0.6) is 0 Å². The van der Waals surface area contributed by atoms with Crippen LogP contribution in [0.2, 0.25) is 0 Å². The summed E-state index contributed by atoms with van der Waals surface area (Å²) in [6.45, 7) is 7.17. The Morgan fingerprint density at radius 1 is 1.56 bits per heavy atom. The summed E-state index contributed by atoms with van der Waals surface area (Å²) in [5, 5.41) is 10.3. The molecule has 1 aliphatic heterocycles. The summed E-state index contributed by atoms with van der Waals surface area (Å²) >= 11 is 1.19. The number of carbonyl (C=O) groups is 1. The van der Waals surface area contributed by atoms with Gasteiger partial charge in [0, 0.05) is 6.54 Å². The fourth-order valence-corrected chi connectivity index (χ4v) is 4.34. The molecule has 2 unspecified atom stereocenters. The number of fused-ring (bicyclic) bond motifs is 1. The fraction of sp³-hybridized carbons (Fsp3) is 0.588. The summed E-state index contributed by atoms with van der Waals surface area (Å²) in [6, 6.07) is -0.111. The Balaban J connectivity index is 1.98. The number of aryl methyl sites for hydroxylation is 1. The highest BCUT2D eigenvalue weighted by Crippen LogP contribution is 2.29. The van der Waals surface area contributed by atoms with Crippen LogP contribution in [0.25, 0.3) is 10.2 Å². The second kappa shape index (κ2) is 7.23. The minimum atomic E-state index is -0.420. The molecular formula is C17H23N3O4S. The van der Waals surface area contributed by atoms with Gasteiger partial charge in [0.15, 0.2) is 0 Å². The molecule has 0 spiro atoms. The fourth-order valence-electron chi connectivity index (χ4n) is 3.26. The third kappa shape index (κ3) is 3.47. The average molecular weight is 365 g/mol. The maximum absolute atomic E-state index is 12.6. The minimum Gasteiger partial charge on any atom is -0.462 e. The number of ether oxygens (including phenoxy) is 1. The van der Waals surface area contributed by atoms with Crippen molar-refractivity contribution in [2.75, 3.05) is 19.7 Å². The number of H-pyrrole nitrogens is 1. The predicted molar refractivity (Wildman–Crippen MR) is 96.2 cm³/mol. The van der Waals surface area contributed by atoms with Crippen molar-refractivity contribution < 1.29 is 14.6 Å². The van der Waals surface area contributed by atoms with Crippen LogP contribution in [0.4, 0.5) is 0 Å². The van der Waals surface area contributed by atoms with Crippen LogP contribution in [0.1, 0.15) is 53.8 Å². The van der Waals surface area contributed by atoms with Crippen molar-refractivity contribution >= 4 is 27.5 Å². The first-order chi connectivity index (χ1) is 11.9. The molecule has 1 fully saturated rings. The first-order valence-corrected chi connectivity index (χ1v) is 9.36. The maximum atomic E-state index is 12.6. The van der Waals surface area contributed by atoms with E-state index in [-0.39, 0.29) is 24.3 Å². The molecule has 0 amide bonds. The first kappa shape index (κ1) is 18.0. The van der Waals surface area contributed by atoms with E-state index >= 15 is 0 Å². The summed E-state index contributed by atoms with van der Waals surface area (Å²) < 4.78 is 5.06. The van der Waals surface area contributed by atoms with Crippen molar-refractivity contribution in [1.82, 2.24) is 14.9 Å². The number of aliphatic hydroxyl groups excluding tert-OH is 1. The van der Waals surface area contributed by atoms with Gasteiger partial charge in [-0.1, -0.05) is 0 Å². The Kier molecular flexibility index (Phi) is 5.21. The average Bonchev–Trinajstić information content (AvgIpc) is 2.91. The maximum Gasteiger partial charge on any atom is 0.348 e. The van der Waals surface area contributed by atoms with Gasteiger partial charge in [-0.3, -0.25) is 9.69 Å². The number of nitrogens with zero attached hydrogens (tertiary/aromatic N) is 2. The molecule has 0 aliphatic carbocycles. The number of aromatic amines is 1. The van der Waals surface area contributed by atoms with E-state index in [0.717, 1.165) is 19.4 Å². The number of rotatable bonds is 4. The Hall–Kier alpha value is -1.77. The zero-order valence-corrected chi connectivity index (χ0v) is 15.5. The molecule has 0 bridgehead atoms. The summed E-state index contributed by atoms with van der Waals surface area (Å²) in [6.07, 6.45) is 1.38. The second-order valence-corrected chi connectivity index (χ2v) is 7.37. The number of aliphatic hydroxyl groups is 1. The van der Waals surface area contributed by atoms with E-state index in [4.69, 9.17) is 4.74 Å². The lowest BCUT2D eigenvalue weighted by molar-refractivity contribution is 0.0484. The summed E-state index contributed by atoms with van der Waals surface area (Å²) in [7, 11) is 0. The lowest BCUT2D eigenvalue weighted by Crippen LogP contribution is -2.40. The van der Waals surface area contributed by atoms with Gasteiger partial charge in [-0.2, -0.15) is 0 Å². The van der Waals surface area contributed by atoms with Crippen LogP contribution in [-0.2, 0) is 4.74 Å². The quantitative estimate of drug-likeness (QED) is 0.805. The highest BCUT2D eigenvalue weighted by Gasteiger charge is 2.26. The molecule has 1 saturated heterocycles. The van der Waals surface area contributed by atoms with Gasteiger partial charge < -0.3 is 14.8 Å². The number of nitrogens with one attached hydrogen (secondary N) is 1. The van der Waals surface area contributed by atoms with E-state index in [1.807, 2.05) is 6.92 Å². The summed E-state index contributed by atoms with van der Waals surface area (Å²) in [5.74, 6) is 0.138. The molecule has 3 heterocycles. The molecule has 3 rings (SSSR count). The molecule has 2 aromatic rings. The topological polar surface area (TPSA) is 95.5 Å². The van der Waals surface area contributed by atoms with Gasteiger partial charge in [-0.25, -0.2) is 9.78 Å². The summed E-state index contributed by atoms with van der Waals surface area (Å²) in [4.78, 5) is 35.1. The van der Waals surface area contributed by atoms with Crippen molar-refractivity contribution in [3.05, 3.63) is 26.6 Å². The molecule has 2 atom stereocenters. The Bertz CT molecular complexity index is 844. The van der Waals surface area contributed by atoms with Gasteiger partial charge in [-0.15, -0.1) is 11.3 Å². The van der Waals surface area contributed by atoms with Gasteiger partial charge in [0.1, 0.15) is 15.5 Å². The molecule has 7 nitrogen and oxygen atoms in total. The lowest BCUT2D eigenvalue weighted by Gasteiger charge is -2.34. The standard InChI is InChI=1S/C17H23N3O4S/c1-4-24-17(23)13-9(2)12-15(22)18-14(19-16(12)25-13)10(3)20-7-5-6-11(21)8-20/h10-11,21H,4-8H2,1-3H3,(H,18,19,22). The van der Waals surface area contributed by atoms with Crippen molar-refractivity contribution in [2.45, 2.75) is 45.8 Å². The molecule has 2 N–H and O–H groups in total. The van der Waals surface area contributed by atoms with E-state index in [1.54, 1.807) is 13.8 Å². The zero-order valence-electron chi connectivity index (χ0n) is 14.7. The molecule has 0 radical (unpaired) electrons. The monoisotopic (exact) mass is 365 g/mol. The van der Waals surface area contributed by atoms with E-state index in [2.05, 4.69) is 14.9 Å². The van der Waals surface area contributed by atoms with Crippen LogP contribution in [0.15, 0.2) is 4.79 Å². The third-order valence-electron chi connectivity index (χ3n) is 4.65. The van der Waals surface area contributed by atoms with Gasteiger partial charge in [0.25, 0.3) is 5.56 Å². The molecular weight excluding hydrogens is 342 g/mol. The smallest absolute Gasteiger partial charge is 0.348 e. The van der Waals surface area contributed by atoms with Gasteiger partial charge in [0.2, 0.25) is 0 Å². The Morgan fingerprint density at radius 3 is 3.00 bits per heavy atom. The van der Waals surface area contributed by atoms with E-state index in [0.29, 0.717) is 33.0 Å². The number of hydrogen-bond acceptors (Lipinski definition) is 7. The van der Waals surface area contributed by atoms with Crippen molar-refractivity contribution in [3.63, 3.8) is 0 Å². The number of hydrogen-bond donors (Lipinski definition) is 2. The molecule has 0 saturated carbocycles. The highest BCUT2D eigenvalue weighted by atomic mass is 32.1. The van der Waals surface area contributed by atoms with Gasteiger partial charge in [0.05, 0.1) is 24.1 Å². The number of piperidine rings is 1. The SMILES string of the molecule is CCOC(=O)c1sc2nc(C(C)N3CCCC(O)C3)[nH]c(=O)c2c1C. The van der Waals surface area contributed by atoms with Crippen molar-refractivity contribution in [1.29, 1.82) is 0 Å². The van der Waals surface area contributed by atoms with Gasteiger partial charge in [-0.05, 0) is 45.7 Å². The van der Waals surface area contributed by atoms with Crippen LogP contribution < -0.4 is 5.56 Å². The molecule has 25 heavy (non-hydrogen) atoms. The molecule has 1 aliphatic rings. The van der Waals surface area contributed by atoms with E-state index in [1.165, 1.54) is 11.3 Å². The van der Waals surface area contributed by atoms with Crippen molar-refractivity contribution in [2.24, 2.45) is 0 Å². The van der Waals surface area contributed by atoms with E-state index in [9.17, 15) is 14.7 Å². The largest absolute Gasteiger partial charge is 0.462 e. The number of thiophene rings is 1. The molecule has 8 heteroatoms. The first-order valence-electron chi connectivity index (χ1n) is 8.54. The molecule has 136 valence electrons. The van der Waals surface area contributed by atoms with Crippen LogP contribution in [-0.4, -0.2) is 51.7 Å². The normalized spacial score (nSPS) is 19.9. The second-order valence-electron chi connectivity index (χ2n) is 6.37.